The third-order valence-corrected chi connectivity index (χ3v) is 3.32. The minimum absolute atomic E-state index is 0.222. The first-order valence-electron chi connectivity index (χ1n) is 5.98. The smallest absolute Gasteiger partial charge is 0.101 e. The Morgan fingerprint density at radius 1 is 1.06 bits per heavy atom. The van der Waals surface area contributed by atoms with Crippen molar-refractivity contribution in [1.29, 1.82) is 10.5 Å². The molecule has 0 aliphatic heterocycles. The molecule has 0 bridgehead atoms. The van der Waals surface area contributed by atoms with Crippen LogP contribution in [0.15, 0.2) is 24.3 Å². The number of benzene rings is 1. The van der Waals surface area contributed by atoms with Gasteiger partial charge >= 0.3 is 0 Å². The molecule has 0 spiro atoms. The first-order valence-corrected chi connectivity index (χ1v) is 5.98. The molecule has 0 amide bonds. The summed E-state index contributed by atoms with van der Waals surface area (Å²) < 4.78 is 0. The van der Waals surface area contributed by atoms with E-state index in [0.717, 1.165) is 31.4 Å². The quantitative estimate of drug-likeness (QED) is 0.841. The van der Waals surface area contributed by atoms with Gasteiger partial charge in [0.15, 0.2) is 0 Å². The Morgan fingerprint density at radius 2 is 1.76 bits per heavy atom. The molecular weight excluding hydrogens is 210 g/mol. The van der Waals surface area contributed by atoms with Crippen LogP contribution in [0, 0.1) is 28.6 Å². The summed E-state index contributed by atoms with van der Waals surface area (Å²) in [5.74, 6) is 0.222. The van der Waals surface area contributed by atoms with Crippen LogP contribution in [-0.4, -0.2) is 6.04 Å². The van der Waals surface area contributed by atoms with Gasteiger partial charge in [0, 0.05) is 12.0 Å². The predicted molar refractivity (Wildman–Crippen MR) is 66.1 cm³/mol. The lowest BCUT2D eigenvalue weighted by Gasteiger charge is -2.26. The molecule has 0 aromatic heterocycles. The van der Waals surface area contributed by atoms with Crippen LogP contribution in [-0.2, 0) is 0 Å². The summed E-state index contributed by atoms with van der Waals surface area (Å²) >= 11 is 0. The Hall–Kier alpha value is -2.00. The molecule has 2 rings (SSSR count). The fourth-order valence-electron chi connectivity index (χ4n) is 2.29. The summed E-state index contributed by atoms with van der Waals surface area (Å²) in [6.45, 7) is 0. The number of anilines is 1. The van der Waals surface area contributed by atoms with Crippen molar-refractivity contribution in [2.24, 2.45) is 5.92 Å². The van der Waals surface area contributed by atoms with Crippen molar-refractivity contribution in [3.8, 4) is 12.1 Å². The second-order valence-corrected chi connectivity index (χ2v) is 4.48. The highest BCUT2D eigenvalue weighted by Gasteiger charge is 2.20. The fourth-order valence-corrected chi connectivity index (χ4v) is 2.29. The molecule has 0 saturated heterocycles. The van der Waals surface area contributed by atoms with Gasteiger partial charge in [-0.3, -0.25) is 0 Å². The summed E-state index contributed by atoms with van der Waals surface area (Å²) in [7, 11) is 0. The fraction of sp³-hybridized carbons (Fsp3) is 0.429. The minimum atomic E-state index is 0.222. The zero-order valence-corrected chi connectivity index (χ0v) is 9.69. The van der Waals surface area contributed by atoms with Crippen LogP contribution in [0.4, 0.5) is 5.69 Å². The SMILES string of the molecule is N#Cc1ccccc1NC1CCC(C#N)CC1. The molecule has 1 fully saturated rings. The molecule has 1 aromatic carbocycles. The number of nitriles is 2. The van der Waals surface area contributed by atoms with Crippen LogP contribution in [0.2, 0.25) is 0 Å². The van der Waals surface area contributed by atoms with Gasteiger partial charge < -0.3 is 5.32 Å². The van der Waals surface area contributed by atoms with Gasteiger partial charge in [0.05, 0.1) is 17.3 Å². The Morgan fingerprint density at radius 3 is 2.41 bits per heavy atom. The van der Waals surface area contributed by atoms with Crippen LogP contribution in [0.25, 0.3) is 0 Å². The van der Waals surface area contributed by atoms with Crippen molar-refractivity contribution in [3.63, 3.8) is 0 Å². The molecule has 1 aliphatic carbocycles. The average molecular weight is 225 g/mol. The summed E-state index contributed by atoms with van der Waals surface area (Å²) in [5.41, 5.74) is 1.60. The zero-order valence-electron chi connectivity index (χ0n) is 9.69. The van der Waals surface area contributed by atoms with E-state index in [1.54, 1.807) is 0 Å². The highest BCUT2D eigenvalue weighted by Crippen LogP contribution is 2.26. The van der Waals surface area contributed by atoms with Gasteiger partial charge in [-0.1, -0.05) is 12.1 Å². The Balaban J connectivity index is 1.99. The van der Waals surface area contributed by atoms with Gasteiger partial charge in [0.25, 0.3) is 0 Å². The number of para-hydroxylation sites is 1. The van der Waals surface area contributed by atoms with E-state index < -0.39 is 0 Å². The first-order chi connectivity index (χ1) is 8.33. The highest BCUT2D eigenvalue weighted by molar-refractivity contribution is 5.57. The molecule has 3 heteroatoms. The monoisotopic (exact) mass is 225 g/mol. The van der Waals surface area contributed by atoms with Gasteiger partial charge in [-0.05, 0) is 37.8 Å². The highest BCUT2D eigenvalue weighted by atomic mass is 14.9. The molecule has 1 aliphatic rings. The third kappa shape index (κ3) is 2.77. The standard InChI is InChI=1S/C14H15N3/c15-9-11-5-7-13(8-6-11)17-14-4-2-1-3-12(14)10-16/h1-4,11,13,17H,5-8H2. The lowest BCUT2D eigenvalue weighted by atomic mass is 9.87. The molecule has 1 aromatic rings. The average Bonchev–Trinajstić information content (AvgIpc) is 2.40. The number of nitrogens with one attached hydrogen (secondary N) is 1. The van der Waals surface area contributed by atoms with E-state index in [2.05, 4.69) is 17.5 Å². The lowest BCUT2D eigenvalue weighted by Crippen LogP contribution is -2.25. The van der Waals surface area contributed by atoms with E-state index in [9.17, 15) is 0 Å². The van der Waals surface area contributed by atoms with Gasteiger partial charge in [0.2, 0.25) is 0 Å². The number of hydrogen-bond acceptors (Lipinski definition) is 3. The van der Waals surface area contributed by atoms with Crippen molar-refractivity contribution in [2.75, 3.05) is 5.32 Å². The molecule has 17 heavy (non-hydrogen) atoms. The molecule has 3 nitrogen and oxygen atoms in total. The summed E-state index contributed by atoms with van der Waals surface area (Å²) in [6.07, 6.45) is 3.95. The Bertz CT molecular complexity index is 459. The molecule has 0 heterocycles. The molecule has 0 radical (unpaired) electrons. The Labute approximate surface area is 102 Å². The van der Waals surface area contributed by atoms with Gasteiger partial charge in [-0.25, -0.2) is 0 Å². The summed E-state index contributed by atoms with van der Waals surface area (Å²) in [6, 6.07) is 12.5. The second-order valence-electron chi connectivity index (χ2n) is 4.48. The van der Waals surface area contributed by atoms with Crippen LogP contribution in [0.1, 0.15) is 31.2 Å². The normalized spacial score (nSPS) is 23.4. The van der Waals surface area contributed by atoms with Gasteiger partial charge in [-0.2, -0.15) is 10.5 Å². The molecular formula is C14H15N3. The predicted octanol–water partition coefficient (Wildman–Crippen LogP) is 3.05. The molecule has 0 atom stereocenters. The van der Waals surface area contributed by atoms with Crippen molar-refractivity contribution >= 4 is 5.69 Å². The maximum Gasteiger partial charge on any atom is 0.101 e. The maximum atomic E-state index is 8.99. The van der Waals surface area contributed by atoms with E-state index in [1.165, 1.54) is 0 Å². The van der Waals surface area contributed by atoms with Gasteiger partial charge in [-0.15, -0.1) is 0 Å². The largest absolute Gasteiger partial charge is 0.381 e. The number of hydrogen-bond donors (Lipinski definition) is 1. The Kier molecular flexibility index (Phi) is 3.62. The zero-order chi connectivity index (χ0) is 12.1. The van der Waals surface area contributed by atoms with Crippen molar-refractivity contribution in [2.45, 2.75) is 31.7 Å². The van der Waals surface area contributed by atoms with Crippen LogP contribution in [0.5, 0.6) is 0 Å². The van der Waals surface area contributed by atoms with Crippen LogP contribution < -0.4 is 5.32 Å². The molecule has 1 N–H and O–H groups in total. The second kappa shape index (κ2) is 5.37. The summed E-state index contributed by atoms with van der Waals surface area (Å²) in [4.78, 5) is 0. The molecule has 1 saturated carbocycles. The first kappa shape index (κ1) is 11.5. The van der Waals surface area contributed by atoms with E-state index in [1.807, 2.05) is 24.3 Å². The lowest BCUT2D eigenvalue weighted by molar-refractivity contribution is 0.397. The number of nitrogens with zero attached hydrogens (tertiary/aromatic N) is 2. The maximum absolute atomic E-state index is 8.99. The van der Waals surface area contributed by atoms with Gasteiger partial charge in [0.1, 0.15) is 6.07 Å². The van der Waals surface area contributed by atoms with Crippen molar-refractivity contribution < 1.29 is 0 Å². The van der Waals surface area contributed by atoms with E-state index in [-0.39, 0.29) is 5.92 Å². The minimum Gasteiger partial charge on any atom is -0.381 e. The van der Waals surface area contributed by atoms with Crippen LogP contribution >= 0.6 is 0 Å². The van der Waals surface area contributed by atoms with Crippen LogP contribution in [0.3, 0.4) is 0 Å². The number of rotatable bonds is 2. The molecule has 0 unspecified atom stereocenters. The van der Waals surface area contributed by atoms with E-state index >= 15 is 0 Å². The van der Waals surface area contributed by atoms with Crippen molar-refractivity contribution in [3.05, 3.63) is 29.8 Å². The van der Waals surface area contributed by atoms with E-state index in [4.69, 9.17) is 10.5 Å². The van der Waals surface area contributed by atoms with Crippen molar-refractivity contribution in [1.82, 2.24) is 0 Å². The topological polar surface area (TPSA) is 59.6 Å². The van der Waals surface area contributed by atoms with E-state index in [0.29, 0.717) is 11.6 Å². The third-order valence-electron chi connectivity index (χ3n) is 3.32. The summed E-state index contributed by atoms with van der Waals surface area (Å²) in [5, 5.41) is 21.2. The molecule has 86 valence electrons.